The number of aromatic amines is 2. The summed E-state index contributed by atoms with van der Waals surface area (Å²) in [4.78, 5) is 62.0. The number of hydrogen-bond acceptors (Lipinski definition) is 6. The van der Waals surface area contributed by atoms with Crippen LogP contribution in [0.1, 0.15) is 54.7 Å². The second kappa shape index (κ2) is 10.5. The lowest BCUT2D eigenvalue weighted by Crippen LogP contribution is -2.25. The van der Waals surface area contributed by atoms with E-state index in [4.69, 9.17) is 0 Å². The molecule has 3 aromatic carbocycles. The number of aromatic nitrogens is 4. The average Bonchev–Trinajstić information content (AvgIpc) is 3.43. The Hall–Kier alpha value is -5.98. The summed E-state index contributed by atoms with van der Waals surface area (Å²) in [5.74, 6) is -3.46. The number of carbonyl (C=O) groups is 2. The molecule has 2 aromatic heterocycles. The maximum Gasteiger partial charge on any atom is 0.335 e. The second-order valence-electron chi connectivity index (χ2n) is 9.58. The van der Waals surface area contributed by atoms with E-state index in [0.717, 1.165) is 9.36 Å². The molecule has 0 radical (unpaired) electrons. The maximum atomic E-state index is 14.0. The number of aromatic carboxylic acids is 2. The zero-order chi connectivity index (χ0) is 30.3. The molecule has 0 amide bonds. The molecule has 2 heterocycles. The number of benzene rings is 3. The van der Waals surface area contributed by atoms with Gasteiger partial charge in [0, 0.05) is 29.4 Å². The Morgan fingerprint density at radius 3 is 1.64 bits per heavy atom. The van der Waals surface area contributed by atoms with Crippen molar-refractivity contribution in [2.24, 2.45) is 0 Å². The molecule has 5 rings (SSSR count). The summed E-state index contributed by atoms with van der Waals surface area (Å²) in [6.45, 7) is 3.21. The van der Waals surface area contributed by atoms with Gasteiger partial charge in [-0.3, -0.25) is 29.9 Å². The van der Waals surface area contributed by atoms with Gasteiger partial charge >= 0.3 is 11.9 Å². The van der Waals surface area contributed by atoms with E-state index in [1.54, 1.807) is 32.0 Å². The number of nitrogens with one attached hydrogen (secondary N) is 2. The van der Waals surface area contributed by atoms with E-state index in [0.29, 0.717) is 17.0 Å². The molecule has 4 N–H and O–H groups in total. The predicted octanol–water partition coefficient (Wildman–Crippen LogP) is 3.75. The van der Waals surface area contributed by atoms with Crippen LogP contribution < -0.4 is 11.1 Å². The fraction of sp³-hybridized carbons (Fsp3) is 0.103. The zero-order valence-electron chi connectivity index (χ0n) is 22.2. The minimum Gasteiger partial charge on any atom is -0.478 e. The van der Waals surface area contributed by atoms with Crippen molar-refractivity contribution in [3.63, 3.8) is 0 Å². The lowest BCUT2D eigenvalue weighted by molar-refractivity contribution is -0.384. The van der Waals surface area contributed by atoms with Crippen LogP contribution in [-0.2, 0) is 0 Å². The normalized spacial score (nSPS) is 11.1. The highest BCUT2D eigenvalue weighted by Gasteiger charge is 2.32. The Balaban J connectivity index is 1.77. The monoisotopic (exact) mass is 569 g/mol. The van der Waals surface area contributed by atoms with Crippen LogP contribution in [0.15, 0.2) is 82.4 Å². The van der Waals surface area contributed by atoms with Crippen LogP contribution in [-0.4, -0.2) is 46.6 Å². The van der Waals surface area contributed by atoms with E-state index in [1.807, 2.05) is 0 Å². The Bertz CT molecular complexity index is 1900. The van der Waals surface area contributed by atoms with Crippen molar-refractivity contribution in [1.29, 1.82) is 0 Å². The fourth-order valence-electron chi connectivity index (χ4n) is 5.01. The van der Waals surface area contributed by atoms with Crippen molar-refractivity contribution >= 4 is 17.6 Å². The molecule has 0 bridgehead atoms. The van der Waals surface area contributed by atoms with E-state index in [-0.39, 0.29) is 39.3 Å². The Labute approximate surface area is 236 Å². The summed E-state index contributed by atoms with van der Waals surface area (Å²) >= 11 is 0. The molecule has 0 unspecified atom stereocenters. The van der Waals surface area contributed by atoms with Crippen LogP contribution in [0.5, 0.6) is 0 Å². The van der Waals surface area contributed by atoms with Crippen LogP contribution >= 0.6 is 0 Å². The van der Waals surface area contributed by atoms with Crippen LogP contribution in [0.2, 0.25) is 0 Å². The molecule has 212 valence electrons. The highest BCUT2D eigenvalue weighted by molar-refractivity contribution is 5.88. The molecule has 0 saturated carbocycles. The highest BCUT2D eigenvalue weighted by Crippen LogP contribution is 2.34. The third kappa shape index (κ3) is 4.79. The van der Waals surface area contributed by atoms with Crippen molar-refractivity contribution < 1.29 is 24.7 Å². The number of carboxylic acids is 2. The molecule has 0 aliphatic carbocycles. The number of nitro groups is 1. The molecular weight excluding hydrogens is 546 g/mol. The molecule has 5 aromatic rings. The van der Waals surface area contributed by atoms with E-state index in [1.165, 1.54) is 54.6 Å². The van der Waals surface area contributed by atoms with Gasteiger partial charge in [0.25, 0.3) is 16.8 Å². The highest BCUT2D eigenvalue weighted by atomic mass is 16.6. The summed E-state index contributed by atoms with van der Waals surface area (Å²) in [7, 11) is 0. The third-order valence-electron chi connectivity index (χ3n) is 6.93. The minimum absolute atomic E-state index is 0.0450. The van der Waals surface area contributed by atoms with Gasteiger partial charge in [-0.15, -0.1) is 0 Å². The van der Waals surface area contributed by atoms with Gasteiger partial charge in [0.05, 0.1) is 38.6 Å². The average molecular weight is 570 g/mol. The van der Waals surface area contributed by atoms with E-state index < -0.39 is 33.9 Å². The Kier molecular flexibility index (Phi) is 6.92. The smallest absolute Gasteiger partial charge is 0.335 e. The van der Waals surface area contributed by atoms with Gasteiger partial charge < -0.3 is 10.2 Å². The summed E-state index contributed by atoms with van der Waals surface area (Å²) in [5.41, 5.74) is 0.159. The first kappa shape index (κ1) is 27.6. The van der Waals surface area contributed by atoms with Gasteiger partial charge in [-0.2, -0.15) is 0 Å². The lowest BCUT2D eigenvalue weighted by Gasteiger charge is -2.15. The zero-order valence-corrected chi connectivity index (χ0v) is 22.2. The first-order valence-electron chi connectivity index (χ1n) is 12.5. The summed E-state index contributed by atoms with van der Waals surface area (Å²) < 4.78 is 2.30. The van der Waals surface area contributed by atoms with E-state index in [9.17, 15) is 39.5 Å². The van der Waals surface area contributed by atoms with Crippen molar-refractivity contribution in [1.82, 2.24) is 19.6 Å². The Morgan fingerprint density at radius 2 is 1.21 bits per heavy atom. The number of H-pyrrole nitrogens is 2. The van der Waals surface area contributed by atoms with E-state index >= 15 is 0 Å². The molecular formula is C29H23N5O8. The molecule has 0 aliphatic heterocycles. The standard InChI is InChI=1S/C29H23N5O8/c1-15-23(26(35)32(30-15)20-9-4-7-18(13-20)28(37)38)25(17-6-3-11-22(12-17)34(41)42)24-16(2)31-33(27(24)36)21-10-5-8-19(14-21)29(39)40/h3-14,25,30-31H,1-2H3,(H,37,38)(H,39,40). The SMILES string of the molecule is Cc1[nH]n(-c2cccc(C(=O)O)c2)c(=O)c1C(c1cccc([N+](=O)[O-])c1)c1c(C)[nH]n(-c2cccc(C(=O)O)c2)c1=O. The van der Waals surface area contributed by atoms with Crippen molar-refractivity contribution in [3.05, 3.63) is 143 Å². The third-order valence-corrected chi connectivity index (χ3v) is 6.93. The summed E-state index contributed by atoms with van der Waals surface area (Å²) in [6, 6.07) is 17.0. The van der Waals surface area contributed by atoms with Gasteiger partial charge in [0.15, 0.2) is 0 Å². The lowest BCUT2D eigenvalue weighted by atomic mass is 9.85. The number of carboxylic acid groups (broad SMARTS) is 2. The second-order valence-corrected chi connectivity index (χ2v) is 9.58. The largest absolute Gasteiger partial charge is 0.478 e. The summed E-state index contributed by atoms with van der Waals surface area (Å²) in [5, 5.41) is 36.4. The fourth-order valence-corrected chi connectivity index (χ4v) is 5.01. The minimum atomic E-state index is -1.18. The molecule has 13 heteroatoms. The van der Waals surface area contributed by atoms with Gasteiger partial charge in [0.2, 0.25) is 0 Å². The quantitative estimate of drug-likeness (QED) is 0.160. The molecule has 42 heavy (non-hydrogen) atoms. The van der Waals surface area contributed by atoms with Crippen molar-refractivity contribution in [2.75, 3.05) is 0 Å². The van der Waals surface area contributed by atoms with Gasteiger partial charge in [0.1, 0.15) is 0 Å². The maximum absolute atomic E-state index is 14.0. The molecule has 13 nitrogen and oxygen atoms in total. The van der Waals surface area contributed by atoms with Crippen LogP contribution in [0.4, 0.5) is 5.69 Å². The molecule has 0 atom stereocenters. The number of nitro benzene ring substituents is 1. The first-order valence-corrected chi connectivity index (χ1v) is 12.5. The number of rotatable bonds is 8. The number of nitrogens with zero attached hydrogens (tertiary/aromatic N) is 3. The first-order chi connectivity index (χ1) is 20.0. The molecule has 0 aliphatic rings. The number of non-ortho nitro benzene ring substituents is 1. The van der Waals surface area contributed by atoms with Gasteiger partial charge in [-0.1, -0.05) is 24.3 Å². The topological polar surface area (TPSA) is 193 Å². The summed E-state index contributed by atoms with van der Waals surface area (Å²) in [6.07, 6.45) is 0. The Morgan fingerprint density at radius 1 is 0.762 bits per heavy atom. The molecule has 0 spiro atoms. The van der Waals surface area contributed by atoms with Crippen LogP contribution in [0.3, 0.4) is 0 Å². The number of aryl methyl sites for hydroxylation is 2. The van der Waals surface area contributed by atoms with E-state index in [2.05, 4.69) is 10.2 Å². The van der Waals surface area contributed by atoms with Crippen molar-refractivity contribution in [2.45, 2.75) is 19.8 Å². The van der Waals surface area contributed by atoms with Gasteiger partial charge in [-0.05, 0) is 55.8 Å². The van der Waals surface area contributed by atoms with Crippen molar-refractivity contribution in [3.8, 4) is 11.4 Å². The molecule has 0 fully saturated rings. The predicted molar refractivity (Wildman–Crippen MR) is 150 cm³/mol. The van der Waals surface area contributed by atoms with Gasteiger partial charge in [-0.25, -0.2) is 19.0 Å². The van der Waals surface area contributed by atoms with Crippen LogP contribution in [0.25, 0.3) is 11.4 Å². The number of hydrogen-bond donors (Lipinski definition) is 4. The van der Waals surface area contributed by atoms with Crippen LogP contribution in [0, 0.1) is 24.0 Å². The molecule has 0 saturated heterocycles.